The van der Waals surface area contributed by atoms with Crippen molar-refractivity contribution in [2.45, 2.75) is 31.6 Å². The molecule has 0 saturated carbocycles. The number of nitrogens with zero attached hydrogens (tertiary/aromatic N) is 4. The second-order valence-electron chi connectivity index (χ2n) is 9.30. The molecule has 2 aromatic carbocycles. The molecule has 2 aliphatic heterocycles. The summed E-state index contributed by atoms with van der Waals surface area (Å²) in [5.74, 6) is 0.437. The number of ether oxygens (including phenoxy) is 2. The molecule has 0 aliphatic carbocycles. The average Bonchev–Trinajstić information content (AvgIpc) is 2.94. The van der Waals surface area contributed by atoms with Crippen molar-refractivity contribution < 1.29 is 9.47 Å². The first kappa shape index (κ1) is 22.7. The summed E-state index contributed by atoms with van der Waals surface area (Å²) in [5.41, 5.74) is 3.50. The van der Waals surface area contributed by atoms with Gasteiger partial charge in [-0.05, 0) is 49.6 Å². The van der Waals surface area contributed by atoms with Crippen LogP contribution in [-0.2, 0) is 9.47 Å². The molecule has 0 bridgehead atoms. The van der Waals surface area contributed by atoms with E-state index in [0.29, 0.717) is 24.8 Å². The average molecular weight is 484 g/mol. The molecule has 1 N–H and O–H groups in total. The van der Waals surface area contributed by atoms with Crippen molar-refractivity contribution in [1.82, 2.24) is 14.5 Å². The zero-order valence-corrected chi connectivity index (χ0v) is 20.0. The van der Waals surface area contributed by atoms with Crippen molar-refractivity contribution in [3.8, 4) is 0 Å². The highest BCUT2D eigenvalue weighted by atomic mass is 16.7. The smallest absolute Gasteiger partial charge is 0.252 e. The van der Waals surface area contributed by atoms with Gasteiger partial charge in [-0.3, -0.25) is 9.36 Å². The molecule has 0 unspecified atom stereocenters. The molecule has 184 valence electrons. The number of hydrogen-bond donors (Lipinski definition) is 1. The van der Waals surface area contributed by atoms with Crippen molar-refractivity contribution in [2.24, 2.45) is 0 Å². The standard InChI is InChI=1S/C28H29N5O3/c34-25-14-9-21-17-29-28(30-22-10-12-23(13-11-22)32-15-5-2-6-16-32)31-26(21)33(25)24-18-35-27(36-19-24)20-7-3-1-4-8-20/h1,3-4,7-14,17,24,27H,2,5-6,15-16,18-19H2,(H,29,30,31). The van der Waals surface area contributed by atoms with Crippen LogP contribution in [0.15, 0.2) is 77.7 Å². The van der Waals surface area contributed by atoms with Gasteiger partial charge in [-0.2, -0.15) is 4.98 Å². The van der Waals surface area contributed by atoms with E-state index in [2.05, 4.69) is 27.3 Å². The highest BCUT2D eigenvalue weighted by Gasteiger charge is 2.26. The molecule has 0 amide bonds. The lowest BCUT2D eigenvalue weighted by Gasteiger charge is -2.31. The van der Waals surface area contributed by atoms with Gasteiger partial charge in [-0.15, -0.1) is 0 Å². The lowest BCUT2D eigenvalue weighted by molar-refractivity contribution is -0.201. The van der Waals surface area contributed by atoms with Gasteiger partial charge in [0.25, 0.3) is 5.56 Å². The third-order valence-corrected chi connectivity index (χ3v) is 6.83. The van der Waals surface area contributed by atoms with Crippen LogP contribution in [0.2, 0.25) is 0 Å². The SMILES string of the molecule is O=c1ccc2cnc(Nc3ccc(N4CCCCC4)cc3)nc2n1C1COC(c2ccccc2)OC1. The Morgan fingerprint density at radius 3 is 2.36 bits per heavy atom. The second-order valence-corrected chi connectivity index (χ2v) is 9.30. The fraction of sp³-hybridized carbons (Fsp3) is 0.321. The minimum atomic E-state index is -0.437. The summed E-state index contributed by atoms with van der Waals surface area (Å²) < 4.78 is 13.6. The molecule has 0 spiro atoms. The quantitative estimate of drug-likeness (QED) is 0.436. The molecular weight excluding hydrogens is 454 g/mol. The summed E-state index contributed by atoms with van der Waals surface area (Å²) in [7, 11) is 0. The molecule has 2 aliphatic rings. The van der Waals surface area contributed by atoms with Crippen molar-refractivity contribution in [3.05, 3.63) is 88.8 Å². The Labute approximate surface area is 209 Å². The Hall–Kier alpha value is -3.75. The maximum atomic E-state index is 12.9. The lowest BCUT2D eigenvalue weighted by atomic mass is 10.1. The Morgan fingerprint density at radius 2 is 1.61 bits per heavy atom. The minimum absolute atomic E-state index is 0.145. The van der Waals surface area contributed by atoms with Gasteiger partial charge in [0.15, 0.2) is 6.29 Å². The third kappa shape index (κ3) is 4.69. The van der Waals surface area contributed by atoms with E-state index in [0.717, 1.165) is 29.7 Å². The highest BCUT2D eigenvalue weighted by molar-refractivity contribution is 5.76. The monoisotopic (exact) mass is 483 g/mol. The Kier molecular flexibility index (Phi) is 6.36. The molecule has 2 aromatic heterocycles. The fourth-order valence-corrected chi connectivity index (χ4v) is 4.93. The predicted octanol–water partition coefficient (Wildman–Crippen LogP) is 4.81. The molecule has 0 atom stereocenters. The first-order valence-corrected chi connectivity index (χ1v) is 12.5. The number of hydrogen-bond acceptors (Lipinski definition) is 7. The second kappa shape index (κ2) is 10.1. The molecule has 2 saturated heterocycles. The molecule has 36 heavy (non-hydrogen) atoms. The van der Waals surface area contributed by atoms with E-state index in [9.17, 15) is 4.79 Å². The van der Waals surface area contributed by atoms with E-state index in [4.69, 9.17) is 14.5 Å². The molecule has 4 aromatic rings. The lowest BCUT2D eigenvalue weighted by Crippen LogP contribution is -2.35. The molecule has 8 nitrogen and oxygen atoms in total. The molecule has 2 fully saturated rings. The Morgan fingerprint density at radius 1 is 0.861 bits per heavy atom. The van der Waals surface area contributed by atoms with Crippen molar-refractivity contribution >= 4 is 28.4 Å². The number of fused-ring (bicyclic) bond motifs is 1. The topological polar surface area (TPSA) is 81.5 Å². The van der Waals surface area contributed by atoms with E-state index >= 15 is 0 Å². The molecule has 6 rings (SSSR count). The van der Waals surface area contributed by atoms with Crippen LogP contribution in [0.5, 0.6) is 0 Å². The number of piperidine rings is 1. The van der Waals surface area contributed by atoms with E-state index in [1.54, 1.807) is 22.9 Å². The third-order valence-electron chi connectivity index (χ3n) is 6.83. The van der Waals surface area contributed by atoms with Crippen LogP contribution in [-0.4, -0.2) is 40.8 Å². The molecule has 4 heterocycles. The zero-order chi connectivity index (χ0) is 24.3. The van der Waals surface area contributed by atoms with E-state index in [1.807, 2.05) is 42.5 Å². The summed E-state index contributed by atoms with van der Waals surface area (Å²) in [6.07, 6.45) is 5.11. The van der Waals surface area contributed by atoms with Gasteiger partial charge < -0.3 is 19.7 Å². The van der Waals surface area contributed by atoms with Gasteiger partial charge in [0, 0.05) is 47.7 Å². The normalized spacial score (nSPS) is 20.4. The number of rotatable bonds is 5. The van der Waals surface area contributed by atoms with Gasteiger partial charge in [0.2, 0.25) is 5.95 Å². The maximum Gasteiger partial charge on any atom is 0.252 e. The van der Waals surface area contributed by atoms with Crippen LogP contribution >= 0.6 is 0 Å². The van der Waals surface area contributed by atoms with Gasteiger partial charge in [-0.25, -0.2) is 4.98 Å². The molecular formula is C28H29N5O3. The van der Waals surface area contributed by atoms with Crippen LogP contribution in [0.25, 0.3) is 11.0 Å². The number of anilines is 3. The van der Waals surface area contributed by atoms with E-state index in [1.165, 1.54) is 24.9 Å². The molecule has 0 radical (unpaired) electrons. The van der Waals surface area contributed by atoms with Gasteiger partial charge in [0.1, 0.15) is 5.65 Å². The van der Waals surface area contributed by atoms with E-state index in [-0.39, 0.29) is 11.6 Å². The van der Waals surface area contributed by atoms with Crippen LogP contribution in [0.3, 0.4) is 0 Å². The predicted molar refractivity (Wildman–Crippen MR) is 140 cm³/mol. The fourth-order valence-electron chi connectivity index (χ4n) is 4.93. The Balaban J connectivity index is 1.22. The van der Waals surface area contributed by atoms with Gasteiger partial charge >= 0.3 is 0 Å². The van der Waals surface area contributed by atoms with Crippen LogP contribution in [0.4, 0.5) is 17.3 Å². The van der Waals surface area contributed by atoms with Crippen molar-refractivity contribution in [3.63, 3.8) is 0 Å². The number of aromatic nitrogens is 3. The number of benzene rings is 2. The van der Waals surface area contributed by atoms with Crippen LogP contribution < -0.4 is 15.8 Å². The van der Waals surface area contributed by atoms with Gasteiger partial charge in [0.05, 0.1) is 19.3 Å². The number of pyridine rings is 1. The van der Waals surface area contributed by atoms with E-state index < -0.39 is 6.29 Å². The summed E-state index contributed by atoms with van der Waals surface area (Å²) in [4.78, 5) is 24.5. The summed E-state index contributed by atoms with van der Waals surface area (Å²) in [6, 6.07) is 21.2. The van der Waals surface area contributed by atoms with Gasteiger partial charge in [-0.1, -0.05) is 30.3 Å². The highest BCUT2D eigenvalue weighted by Crippen LogP contribution is 2.28. The maximum absolute atomic E-state index is 12.9. The summed E-state index contributed by atoms with van der Waals surface area (Å²) >= 11 is 0. The Bertz CT molecular complexity index is 1380. The van der Waals surface area contributed by atoms with Crippen molar-refractivity contribution in [1.29, 1.82) is 0 Å². The van der Waals surface area contributed by atoms with Crippen molar-refractivity contribution in [2.75, 3.05) is 36.5 Å². The first-order valence-electron chi connectivity index (χ1n) is 12.5. The summed E-state index contributed by atoms with van der Waals surface area (Å²) in [5, 5.41) is 4.07. The largest absolute Gasteiger partial charge is 0.372 e. The first-order chi connectivity index (χ1) is 17.7. The molecule has 8 heteroatoms. The minimum Gasteiger partial charge on any atom is -0.372 e. The zero-order valence-electron chi connectivity index (χ0n) is 20.0. The number of nitrogens with one attached hydrogen (secondary N) is 1. The summed E-state index contributed by atoms with van der Waals surface area (Å²) in [6.45, 7) is 2.92. The van der Waals surface area contributed by atoms with Crippen LogP contribution in [0, 0.1) is 0 Å². The van der Waals surface area contributed by atoms with Crippen LogP contribution in [0.1, 0.15) is 37.2 Å².